The molecule has 1 saturated carbocycles. The number of ether oxygens (including phenoxy) is 3. The highest BCUT2D eigenvalue weighted by Gasteiger charge is 2.32. The summed E-state index contributed by atoms with van der Waals surface area (Å²) in [5, 5.41) is 9.46. The minimum atomic E-state index is -1.01. The number of hydrogen-bond donors (Lipinski definition) is 1. The van der Waals surface area contributed by atoms with Crippen LogP contribution in [0.1, 0.15) is 59.6 Å². The molecule has 10 heteroatoms. The van der Waals surface area contributed by atoms with Crippen molar-refractivity contribution in [2.24, 2.45) is 5.92 Å². The zero-order chi connectivity index (χ0) is 29.3. The third kappa shape index (κ3) is 5.55. The summed E-state index contributed by atoms with van der Waals surface area (Å²) < 4.78 is 48.3. The van der Waals surface area contributed by atoms with Crippen molar-refractivity contribution in [1.29, 1.82) is 0 Å². The Bertz CT molecular complexity index is 1570. The smallest absolute Gasteiger partial charge is 0.335 e. The Morgan fingerprint density at radius 1 is 1.00 bits per heavy atom. The fourth-order valence-corrected chi connectivity index (χ4v) is 5.89. The normalized spacial score (nSPS) is 14.7. The van der Waals surface area contributed by atoms with Crippen molar-refractivity contribution >= 4 is 17.0 Å². The van der Waals surface area contributed by atoms with Crippen LogP contribution in [-0.4, -0.2) is 46.4 Å². The Morgan fingerprint density at radius 2 is 1.68 bits per heavy atom. The topological polar surface area (TPSA) is 95.7 Å². The predicted molar refractivity (Wildman–Crippen MR) is 150 cm³/mol. The highest BCUT2D eigenvalue weighted by Crippen LogP contribution is 2.41. The molecule has 2 heterocycles. The molecule has 2 aromatic carbocycles. The van der Waals surface area contributed by atoms with Gasteiger partial charge in [0.15, 0.2) is 11.6 Å². The van der Waals surface area contributed by atoms with Gasteiger partial charge in [0.2, 0.25) is 11.8 Å². The monoisotopic (exact) mass is 565 g/mol. The number of methoxy groups -OCH3 is 2. The number of hydrogen-bond acceptors (Lipinski definition) is 6. The van der Waals surface area contributed by atoms with Crippen LogP contribution in [0.2, 0.25) is 0 Å². The largest absolute Gasteiger partial charge is 0.491 e. The molecule has 1 unspecified atom stereocenters. The molecule has 0 spiro atoms. The maximum absolute atomic E-state index is 14.7. The van der Waals surface area contributed by atoms with Gasteiger partial charge in [0.25, 0.3) is 0 Å². The molecule has 41 heavy (non-hydrogen) atoms. The lowest BCUT2D eigenvalue weighted by molar-refractivity contribution is 0.0696. The molecule has 1 N–H and O–H groups in total. The van der Waals surface area contributed by atoms with Gasteiger partial charge in [0.1, 0.15) is 18.2 Å². The second-order valence-electron chi connectivity index (χ2n) is 10.5. The van der Waals surface area contributed by atoms with E-state index < -0.39 is 17.6 Å². The lowest BCUT2D eigenvalue weighted by Gasteiger charge is -2.33. The van der Waals surface area contributed by atoms with E-state index in [4.69, 9.17) is 19.2 Å². The van der Waals surface area contributed by atoms with E-state index in [0.29, 0.717) is 45.2 Å². The average molecular weight is 566 g/mol. The number of aryl methyl sites for hydroxylation is 2. The quantitative estimate of drug-likeness (QED) is 0.236. The van der Waals surface area contributed by atoms with Crippen LogP contribution >= 0.6 is 0 Å². The van der Waals surface area contributed by atoms with E-state index >= 15 is 0 Å². The summed E-state index contributed by atoms with van der Waals surface area (Å²) in [6, 6.07) is 8.61. The van der Waals surface area contributed by atoms with Crippen LogP contribution < -0.4 is 14.2 Å². The third-order valence-electron chi connectivity index (χ3n) is 7.84. The zero-order valence-electron chi connectivity index (χ0n) is 23.5. The zero-order valence-corrected chi connectivity index (χ0v) is 23.5. The lowest BCUT2D eigenvalue weighted by Crippen LogP contribution is -2.28. The van der Waals surface area contributed by atoms with Gasteiger partial charge in [0.05, 0.1) is 42.4 Å². The molecule has 216 valence electrons. The second kappa shape index (κ2) is 11.7. The van der Waals surface area contributed by atoms with Gasteiger partial charge in [-0.3, -0.25) is 0 Å². The molecule has 0 saturated heterocycles. The summed E-state index contributed by atoms with van der Waals surface area (Å²) in [5.74, 6) is -1.12. The number of imidazole rings is 1. The SMILES string of the molecule is COc1ccc(-c2nc3cc(F)c(F)cc3n2C(COc2c(C)cc(C(=O)O)cc2C)C2CCCCC2)c(OC)n1. The first kappa shape index (κ1) is 28.3. The lowest BCUT2D eigenvalue weighted by atomic mass is 9.83. The predicted octanol–water partition coefficient (Wildman–Crippen LogP) is 6.91. The molecule has 1 atom stereocenters. The fourth-order valence-electron chi connectivity index (χ4n) is 5.89. The van der Waals surface area contributed by atoms with E-state index in [9.17, 15) is 18.7 Å². The molecule has 0 bridgehead atoms. The van der Waals surface area contributed by atoms with Gasteiger partial charge >= 0.3 is 5.97 Å². The van der Waals surface area contributed by atoms with Crippen molar-refractivity contribution in [3.8, 4) is 28.9 Å². The number of rotatable bonds is 9. The second-order valence-corrected chi connectivity index (χ2v) is 10.5. The Kier molecular flexibility index (Phi) is 8.10. The summed E-state index contributed by atoms with van der Waals surface area (Å²) in [7, 11) is 3.00. The molecule has 0 amide bonds. The molecular weight excluding hydrogens is 532 g/mol. The van der Waals surface area contributed by atoms with E-state index in [-0.39, 0.29) is 30.0 Å². The number of nitrogens with zero attached hydrogens (tertiary/aromatic N) is 3. The fraction of sp³-hybridized carbons (Fsp3) is 0.387. The van der Waals surface area contributed by atoms with Crippen LogP contribution in [0, 0.1) is 31.4 Å². The van der Waals surface area contributed by atoms with E-state index in [1.165, 1.54) is 20.3 Å². The number of carbonyl (C=O) groups is 1. The number of halogens is 2. The molecular formula is C31H33F2N3O5. The van der Waals surface area contributed by atoms with E-state index in [1.807, 2.05) is 18.4 Å². The average Bonchev–Trinajstić information content (AvgIpc) is 3.31. The molecule has 8 nitrogen and oxygen atoms in total. The molecule has 4 aromatic rings. The van der Waals surface area contributed by atoms with E-state index in [0.717, 1.165) is 38.2 Å². The van der Waals surface area contributed by atoms with Crippen LogP contribution in [0.4, 0.5) is 8.78 Å². The highest BCUT2D eigenvalue weighted by molar-refractivity contribution is 5.88. The first-order chi connectivity index (χ1) is 19.7. The Balaban J connectivity index is 1.67. The van der Waals surface area contributed by atoms with Gasteiger partial charge in [-0.25, -0.2) is 18.6 Å². The van der Waals surface area contributed by atoms with Gasteiger partial charge < -0.3 is 23.9 Å². The minimum absolute atomic E-state index is 0.170. The summed E-state index contributed by atoms with van der Waals surface area (Å²) in [6.07, 6.45) is 5.10. The number of fused-ring (bicyclic) bond motifs is 1. The number of aromatic nitrogens is 3. The standard InChI is InChI=1S/C31H33F2N3O5/c1-17-12-20(31(37)38)13-18(2)28(17)41-16-26(19-8-6-5-7-9-19)36-25-15-23(33)22(32)14-24(25)34-29(36)21-10-11-27(39-3)35-30(21)40-4/h10-15,19,26H,5-9,16H2,1-4H3,(H,37,38). The Morgan fingerprint density at radius 3 is 2.32 bits per heavy atom. The molecule has 1 aliphatic carbocycles. The van der Waals surface area contributed by atoms with Crippen LogP contribution in [0.5, 0.6) is 17.5 Å². The molecule has 0 radical (unpaired) electrons. The molecule has 1 fully saturated rings. The Labute approximate surface area is 236 Å². The van der Waals surface area contributed by atoms with Crippen molar-refractivity contribution in [1.82, 2.24) is 14.5 Å². The van der Waals surface area contributed by atoms with Crippen molar-refractivity contribution in [3.05, 3.63) is 64.7 Å². The molecule has 2 aromatic heterocycles. The Hall–Kier alpha value is -4.21. The first-order valence-electron chi connectivity index (χ1n) is 13.7. The maximum atomic E-state index is 14.7. The number of benzene rings is 2. The van der Waals surface area contributed by atoms with Crippen LogP contribution in [0.25, 0.3) is 22.4 Å². The van der Waals surface area contributed by atoms with Crippen LogP contribution in [-0.2, 0) is 0 Å². The van der Waals surface area contributed by atoms with Crippen LogP contribution in [0.15, 0.2) is 36.4 Å². The molecule has 5 rings (SSSR count). The summed E-state index contributed by atoms with van der Waals surface area (Å²) >= 11 is 0. The number of aromatic carboxylic acids is 1. The van der Waals surface area contributed by atoms with Gasteiger partial charge in [-0.2, -0.15) is 4.98 Å². The summed E-state index contributed by atoms with van der Waals surface area (Å²) in [5.41, 5.74) is 2.88. The molecule has 0 aliphatic heterocycles. The van der Waals surface area contributed by atoms with Crippen molar-refractivity contribution in [2.45, 2.75) is 52.0 Å². The van der Waals surface area contributed by atoms with Gasteiger partial charge in [-0.05, 0) is 61.9 Å². The maximum Gasteiger partial charge on any atom is 0.335 e. The van der Waals surface area contributed by atoms with Crippen molar-refractivity contribution in [3.63, 3.8) is 0 Å². The van der Waals surface area contributed by atoms with E-state index in [1.54, 1.807) is 24.3 Å². The molecule has 1 aliphatic rings. The third-order valence-corrected chi connectivity index (χ3v) is 7.84. The van der Waals surface area contributed by atoms with Gasteiger partial charge in [-0.15, -0.1) is 0 Å². The van der Waals surface area contributed by atoms with Crippen molar-refractivity contribution < 1.29 is 32.9 Å². The first-order valence-corrected chi connectivity index (χ1v) is 13.7. The van der Waals surface area contributed by atoms with E-state index in [2.05, 4.69) is 4.98 Å². The summed E-state index contributed by atoms with van der Waals surface area (Å²) in [6.45, 7) is 3.84. The van der Waals surface area contributed by atoms with Gasteiger partial charge in [0, 0.05) is 18.2 Å². The van der Waals surface area contributed by atoms with Crippen LogP contribution in [0.3, 0.4) is 0 Å². The van der Waals surface area contributed by atoms with Crippen molar-refractivity contribution in [2.75, 3.05) is 20.8 Å². The highest BCUT2D eigenvalue weighted by atomic mass is 19.2. The number of carboxylic acid groups (broad SMARTS) is 1. The number of pyridine rings is 1. The minimum Gasteiger partial charge on any atom is -0.491 e. The summed E-state index contributed by atoms with van der Waals surface area (Å²) in [4.78, 5) is 20.7. The number of carboxylic acids is 1. The van der Waals surface area contributed by atoms with Gasteiger partial charge in [-0.1, -0.05) is 19.3 Å².